The van der Waals surface area contributed by atoms with Gasteiger partial charge in [-0.1, -0.05) is 84.6 Å². The number of hydrogen-bond donors (Lipinski definition) is 1. The second-order valence-electron chi connectivity index (χ2n) is 11.0. The Balaban J connectivity index is 1.41. The van der Waals surface area contributed by atoms with Crippen molar-refractivity contribution in [3.05, 3.63) is 117 Å². The number of hydrogen-bond acceptors (Lipinski definition) is 3. The van der Waals surface area contributed by atoms with E-state index in [-0.39, 0.29) is 11.1 Å². The molecular weight excluding hydrogens is 494 g/mol. The van der Waals surface area contributed by atoms with Crippen molar-refractivity contribution >= 4 is 55.0 Å². The van der Waals surface area contributed by atoms with Gasteiger partial charge in [-0.2, -0.15) is 0 Å². The minimum Gasteiger partial charge on any atom is -0.871 e. The highest BCUT2D eigenvalue weighted by molar-refractivity contribution is 6.70. The van der Waals surface area contributed by atoms with E-state index in [0.29, 0.717) is 10.9 Å². The Kier molecular flexibility index (Phi) is 3.82. The molecule has 40 heavy (non-hydrogen) atoms. The third kappa shape index (κ3) is 2.35. The van der Waals surface area contributed by atoms with Crippen LogP contribution in [-0.4, -0.2) is 16.6 Å². The Morgan fingerprint density at radius 3 is 1.93 bits per heavy atom. The SMILES string of the molecule is Cc1[nH]c(C2=C([O-])/C(=c3\cc(C)c4c5cccc6cccc(c3=4)c65)C(=O)C2=O)c2c1-c1cccc3cccc-2c13. The maximum absolute atomic E-state index is 14.2. The summed E-state index contributed by atoms with van der Waals surface area (Å²) < 4.78 is 0. The van der Waals surface area contributed by atoms with E-state index in [4.69, 9.17) is 0 Å². The zero-order valence-corrected chi connectivity index (χ0v) is 21.7. The molecule has 0 aliphatic heterocycles. The molecule has 1 aromatic heterocycles. The van der Waals surface area contributed by atoms with Crippen LogP contribution in [-0.2, 0) is 9.59 Å². The minimum atomic E-state index is -0.742. The average Bonchev–Trinajstić information content (AvgIpc) is 3.71. The molecule has 0 saturated heterocycles. The predicted molar refractivity (Wildman–Crippen MR) is 156 cm³/mol. The quantitative estimate of drug-likeness (QED) is 0.286. The van der Waals surface area contributed by atoms with Gasteiger partial charge in [0.2, 0.25) is 11.6 Å². The largest absolute Gasteiger partial charge is 0.871 e. The van der Waals surface area contributed by atoms with Crippen LogP contribution in [0, 0.1) is 24.3 Å². The van der Waals surface area contributed by atoms with Gasteiger partial charge in [0.05, 0.1) is 5.69 Å². The van der Waals surface area contributed by atoms with Crippen LogP contribution in [0.2, 0.25) is 0 Å². The average molecular weight is 515 g/mol. The van der Waals surface area contributed by atoms with Gasteiger partial charge >= 0.3 is 0 Å². The molecule has 0 radical (unpaired) electrons. The molecule has 4 aliphatic rings. The van der Waals surface area contributed by atoms with Crippen molar-refractivity contribution in [2.75, 3.05) is 0 Å². The molecule has 4 heteroatoms. The summed E-state index contributed by atoms with van der Waals surface area (Å²) >= 11 is 0. The third-order valence-electron chi connectivity index (χ3n) is 8.98. The number of nitrogens with one attached hydrogen (secondary N) is 1. The number of carbonyl (C=O) groups excluding carboxylic acids is 2. The number of carbonyl (C=O) groups is 2. The summed E-state index contributed by atoms with van der Waals surface area (Å²) in [6.45, 7) is 3.96. The molecule has 5 aromatic rings. The van der Waals surface area contributed by atoms with Crippen molar-refractivity contribution in [1.29, 1.82) is 0 Å². The normalized spacial score (nSPS) is 16.1. The van der Waals surface area contributed by atoms with E-state index in [0.717, 1.165) is 76.3 Å². The minimum absolute atomic E-state index is 0.0242. The Morgan fingerprint density at radius 1 is 0.650 bits per heavy atom. The fourth-order valence-corrected chi connectivity index (χ4v) is 7.48. The smallest absolute Gasteiger partial charge is 0.235 e. The number of rotatable bonds is 1. The highest BCUT2D eigenvalue weighted by Crippen LogP contribution is 2.52. The molecular formula is C36H20NO3-. The summed E-state index contributed by atoms with van der Waals surface area (Å²) in [6, 6.07) is 26.4. The van der Waals surface area contributed by atoms with E-state index in [9.17, 15) is 14.7 Å². The lowest BCUT2D eigenvalue weighted by molar-refractivity contribution is -0.290. The second-order valence-corrected chi connectivity index (χ2v) is 11.0. The highest BCUT2D eigenvalue weighted by Gasteiger charge is 2.38. The van der Waals surface area contributed by atoms with Gasteiger partial charge in [-0.25, -0.2) is 0 Å². The van der Waals surface area contributed by atoms with Crippen molar-refractivity contribution in [3.8, 4) is 22.3 Å². The molecule has 4 nitrogen and oxygen atoms in total. The number of ketones is 2. The lowest BCUT2D eigenvalue weighted by Crippen LogP contribution is -2.18. The fraction of sp³-hybridized carbons (Fsp3) is 0.0556. The molecule has 9 rings (SSSR count). The zero-order chi connectivity index (χ0) is 27.0. The van der Waals surface area contributed by atoms with Gasteiger partial charge in [0.1, 0.15) is 0 Å². The van der Waals surface area contributed by atoms with Crippen LogP contribution in [0.15, 0.2) is 84.6 Å². The number of aromatic nitrogens is 1. The lowest BCUT2D eigenvalue weighted by atomic mass is 9.99. The third-order valence-corrected chi connectivity index (χ3v) is 8.98. The van der Waals surface area contributed by atoms with E-state index in [1.54, 1.807) is 0 Å². The second kappa shape index (κ2) is 7.04. The van der Waals surface area contributed by atoms with Crippen molar-refractivity contribution < 1.29 is 14.7 Å². The molecule has 0 unspecified atom stereocenters. The Labute approximate surface area is 227 Å². The molecule has 0 fully saturated rings. The molecule has 0 spiro atoms. The van der Waals surface area contributed by atoms with Crippen molar-refractivity contribution in [2.45, 2.75) is 13.8 Å². The number of Topliss-reactive ketones (excluding diaryl/α,β-unsaturated/α-hetero) is 2. The highest BCUT2D eigenvalue weighted by atomic mass is 16.3. The Hall–Kier alpha value is -5.22. The molecule has 0 bridgehead atoms. The van der Waals surface area contributed by atoms with Gasteiger partial charge < -0.3 is 10.1 Å². The standard InChI is InChI=1S/C36H21NO3/c1-16-15-24(29-22-13-5-9-18-7-3-11-20(25(16)29)27(18)22)31-34(38)32(36(40)35(31)39)33-30-23-14-6-10-19-8-4-12-21(28(19)23)26(30)17(2)37-33/h3-15,37-38H,1-2H3/p-1/b31-24-. The van der Waals surface area contributed by atoms with Gasteiger partial charge in [-0.3, -0.25) is 9.59 Å². The fourth-order valence-electron chi connectivity index (χ4n) is 7.48. The van der Waals surface area contributed by atoms with Crippen LogP contribution < -0.4 is 10.3 Å². The number of aryl methyl sites for hydroxylation is 2. The summed E-state index contributed by atoms with van der Waals surface area (Å²) in [4.78, 5) is 30.7. The van der Waals surface area contributed by atoms with Gasteiger partial charge in [-0.15, -0.1) is 0 Å². The van der Waals surface area contributed by atoms with Crippen molar-refractivity contribution in [3.63, 3.8) is 0 Å². The number of fused-ring (bicyclic) bond motifs is 5. The maximum atomic E-state index is 14.2. The number of allylic oxidation sites excluding steroid dienone is 2. The Bertz CT molecular complexity index is 2480. The summed E-state index contributed by atoms with van der Waals surface area (Å²) in [7, 11) is 0. The number of aromatic amines is 1. The van der Waals surface area contributed by atoms with Crippen molar-refractivity contribution in [1.82, 2.24) is 4.98 Å². The molecule has 1 N–H and O–H groups in total. The van der Waals surface area contributed by atoms with Gasteiger partial charge in [0.15, 0.2) is 0 Å². The summed E-state index contributed by atoms with van der Waals surface area (Å²) in [5.41, 5.74) is 6.09. The number of H-pyrrole nitrogens is 1. The van der Waals surface area contributed by atoms with E-state index in [1.807, 2.05) is 56.3 Å². The summed E-state index contributed by atoms with van der Waals surface area (Å²) in [5.74, 6) is -1.97. The molecule has 188 valence electrons. The van der Waals surface area contributed by atoms with Crippen LogP contribution in [0.1, 0.15) is 17.0 Å². The van der Waals surface area contributed by atoms with E-state index in [2.05, 4.69) is 41.4 Å². The number of benzene rings is 4. The first-order valence-corrected chi connectivity index (χ1v) is 13.4. The topological polar surface area (TPSA) is 73.0 Å². The molecule has 0 saturated carbocycles. The first kappa shape index (κ1) is 21.7. The molecule has 0 amide bonds. The summed E-state index contributed by atoms with van der Waals surface area (Å²) in [5, 5.41) is 23.3. The van der Waals surface area contributed by atoms with Crippen molar-refractivity contribution in [2.24, 2.45) is 0 Å². The van der Waals surface area contributed by atoms with E-state index >= 15 is 0 Å². The van der Waals surface area contributed by atoms with Crippen LogP contribution >= 0.6 is 0 Å². The van der Waals surface area contributed by atoms with Gasteiger partial charge in [0, 0.05) is 28.0 Å². The zero-order valence-electron chi connectivity index (χ0n) is 21.7. The van der Waals surface area contributed by atoms with Gasteiger partial charge in [0.25, 0.3) is 0 Å². The van der Waals surface area contributed by atoms with Crippen LogP contribution in [0.3, 0.4) is 0 Å². The lowest BCUT2D eigenvalue weighted by Gasteiger charge is -2.12. The molecule has 1 heterocycles. The summed E-state index contributed by atoms with van der Waals surface area (Å²) in [6.07, 6.45) is 0. The van der Waals surface area contributed by atoms with Crippen LogP contribution in [0.25, 0.3) is 65.7 Å². The van der Waals surface area contributed by atoms with Crippen LogP contribution in [0.4, 0.5) is 0 Å². The first-order valence-electron chi connectivity index (χ1n) is 13.4. The molecule has 4 aromatic carbocycles. The predicted octanol–water partition coefficient (Wildman–Crippen LogP) is 5.69. The van der Waals surface area contributed by atoms with Crippen LogP contribution in [0.5, 0.6) is 0 Å². The molecule has 0 atom stereocenters. The van der Waals surface area contributed by atoms with E-state index < -0.39 is 17.3 Å². The van der Waals surface area contributed by atoms with E-state index in [1.165, 1.54) is 0 Å². The molecule has 4 aliphatic carbocycles. The van der Waals surface area contributed by atoms with Gasteiger partial charge in [-0.05, 0) is 78.5 Å². The Morgan fingerprint density at radius 2 is 1.23 bits per heavy atom. The maximum Gasteiger partial charge on any atom is 0.235 e. The monoisotopic (exact) mass is 514 g/mol. The first-order chi connectivity index (χ1) is 19.5.